The molecular weight excluding hydrogens is 239 g/mol. The summed E-state index contributed by atoms with van der Waals surface area (Å²) in [5, 5.41) is 0.456. The molecule has 0 atom stereocenters. The summed E-state index contributed by atoms with van der Waals surface area (Å²) in [6.45, 7) is 0. The first kappa shape index (κ1) is 9.49. The second kappa shape index (κ2) is 4.43. The molecule has 3 heteroatoms. The molecule has 0 aliphatic rings. The third kappa shape index (κ3) is 2.47. The van der Waals surface area contributed by atoms with Gasteiger partial charge in [0.15, 0.2) is 0 Å². The van der Waals surface area contributed by atoms with Gasteiger partial charge in [-0.25, -0.2) is 0 Å². The smallest absolute Gasteiger partial charge is 0.144 e. The second-order valence-electron chi connectivity index (χ2n) is 2.16. The van der Waals surface area contributed by atoms with Crippen molar-refractivity contribution in [2.75, 3.05) is 0 Å². The summed E-state index contributed by atoms with van der Waals surface area (Å²) in [5.41, 5.74) is 0.840. The summed E-state index contributed by atoms with van der Waals surface area (Å²) in [7, 11) is 0. The standard InChI is InChI=1S/C9H6BrClO/c10-8-3-1-7(2-4-8)9(11)5-6-12/h1-6H. The highest BCUT2D eigenvalue weighted by Gasteiger charge is 1.95. The Balaban J connectivity index is 2.97. The lowest BCUT2D eigenvalue weighted by Crippen LogP contribution is -1.76. The van der Waals surface area contributed by atoms with Crippen molar-refractivity contribution in [2.45, 2.75) is 0 Å². The topological polar surface area (TPSA) is 17.1 Å². The third-order valence-electron chi connectivity index (χ3n) is 1.33. The molecule has 1 rings (SSSR count). The summed E-state index contributed by atoms with van der Waals surface area (Å²) in [4.78, 5) is 10.1. The van der Waals surface area contributed by atoms with Gasteiger partial charge in [0, 0.05) is 4.47 Å². The summed E-state index contributed by atoms with van der Waals surface area (Å²) in [6.07, 6.45) is 2.00. The maximum absolute atomic E-state index is 10.1. The van der Waals surface area contributed by atoms with Crippen molar-refractivity contribution in [1.29, 1.82) is 0 Å². The first-order chi connectivity index (χ1) is 5.74. The van der Waals surface area contributed by atoms with Gasteiger partial charge in [-0.1, -0.05) is 39.7 Å². The number of carbonyl (C=O) groups excluding carboxylic acids is 1. The maximum atomic E-state index is 10.1. The number of carbonyl (C=O) groups is 1. The van der Waals surface area contributed by atoms with E-state index in [1.807, 2.05) is 24.3 Å². The lowest BCUT2D eigenvalue weighted by Gasteiger charge is -1.96. The first-order valence-corrected chi connectivity index (χ1v) is 4.48. The zero-order chi connectivity index (χ0) is 8.97. The van der Waals surface area contributed by atoms with E-state index in [1.54, 1.807) is 0 Å². The van der Waals surface area contributed by atoms with E-state index in [9.17, 15) is 4.79 Å². The molecule has 0 bridgehead atoms. The van der Waals surface area contributed by atoms with E-state index in [0.29, 0.717) is 11.3 Å². The molecule has 0 heterocycles. The van der Waals surface area contributed by atoms with Crippen molar-refractivity contribution in [1.82, 2.24) is 0 Å². The van der Waals surface area contributed by atoms with Gasteiger partial charge in [0.1, 0.15) is 6.29 Å². The monoisotopic (exact) mass is 244 g/mol. The number of benzene rings is 1. The molecule has 1 nitrogen and oxygen atoms in total. The molecule has 0 N–H and O–H groups in total. The Bertz CT molecular complexity index is 303. The molecule has 0 aliphatic carbocycles. The fourth-order valence-electron chi connectivity index (χ4n) is 0.765. The Hall–Kier alpha value is -0.600. The molecule has 0 amide bonds. The van der Waals surface area contributed by atoms with E-state index in [0.717, 1.165) is 10.0 Å². The van der Waals surface area contributed by atoms with E-state index >= 15 is 0 Å². The number of hydrogen-bond acceptors (Lipinski definition) is 1. The minimum Gasteiger partial charge on any atom is -0.299 e. The molecule has 0 unspecified atom stereocenters. The molecule has 0 spiro atoms. The number of allylic oxidation sites excluding steroid dienone is 1. The average Bonchev–Trinajstić information content (AvgIpc) is 2.06. The Kier molecular flexibility index (Phi) is 3.50. The average molecular weight is 246 g/mol. The van der Waals surface area contributed by atoms with Crippen LogP contribution in [0.3, 0.4) is 0 Å². The van der Waals surface area contributed by atoms with Gasteiger partial charge in [-0.3, -0.25) is 4.79 Å². The summed E-state index contributed by atoms with van der Waals surface area (Å²) < 4.78 is 0.988. The van der Waals surface area contributed by atoms with E-state index in [1.165, 1.54) is 6.08 Å². The molecule has 0 saturated carbocycles. The van der Waals surface area contributed by atoms with Crippen LogP contribution in [0, 0.1) is 0 Å². The van der Waals surface area contributed by atoms with Gasteiger partial charge >= 0.3 is 0 Å². The van der Waals surface area contributed by atoms with Gasteiger partial charge in [-0.05, 0) is 23.8 Å². The lowest BCUT2D eigenvalue weighted by atomic mass is 10.2. The van der Waals surface area contributed by atoms with E-state index in [4.69, 9.17) is 11.6 Å². The highest BCUT2D eigenvalue weighted by atomic mass is 79.9. The first-order valence-electron chi connectivity index (χ1n) is 3.31. The van der Waals surface area contributed by atoms with Crippen LogP contribution < -0.4 is 0 Å². The van der Waals surface area contributed by atoms with Gasteiger partial charge in [0.2, 0.25) is 0 Å². The number of hydrogen-bond donors (Lipinski definition) is 0. The molecule has 0 saturated heterocycles. The predicted octanol–water partition coefficient (Wildman–Crippen LogP) is 3.23. The normalized spacial score (nSPS) is 11.3. The van der Waals surface area contributed by atoms with Gasteiger partial charge in [0.25, 0.3) is 0 Å². The molecule has 1 aromatic rings. The highest BCUT2D eigenvalue weighted by molar-refractivity contribution is 9.10. The van der Waals surface area contributed by atoms with Crippen molar-refractivity contribution in [3.05, 3.63) is 40.4 Å². The molecular formula is C9H6BrClO. The Morgan fingerprint density at radius 2 is 1.92 bits per heavy atom. The number of halogens is 2. The number of aldehydes is 1. The zero-order valence-electron chi connectivity index (χ0n) is 6.13. The molecule has 0 aliphatic heterocycles. The summed E-state index contributed by atoms with van der Waals surface area (Å²) in [6, 6.07) is 7.42. The van der Waals surface area contributed by atoms with Crippen LogP contribution in [0.2, 0.25) is 0 Å². The fourth-order valence-corrected chi connectivity index (χ4v) is 1.21. The molecule has 0 aromatic heterocycles. The van der Waals surface area contributed by atoms with Crippen molar-refractivity contribution in [3.63, 3.8) is 0 Å². The van der Waals surface area contributed by atoms with Crippen LogP contribution in [0.1, 0.15) is 5.56 Å². The van der Waals surface area contributed by atoms with Crippen LogP contribution in [-0.2, 0) is 4.79 Å². The fraction of sp³-hybridized carbons (Fsp3) is 0. The Labute approximate surface area is 84.2 Å². The largest absolute Gasteiger partial charge is 0.299 e. The van der Waals surface area contributed by atoms with Crippen LogP contribution in [0.5, 0.6) is 0 Å². The lowest BCUT2D eigenvalue weighted by molar-refractivity contribution is -0.104. The Morgan fingerprint density at radius 1 is 1.33 bits per heavy atom. The third-order valence-corrected chi connectivity index (χ3v) is 2.21. The second-order valence-corrected chi connectivity index (χ2v) is 3.48. The minimum atomic E-state index is 0.456. The summed E-state index contributed by atoms with van der Waals surface area (Å²) >= 11 is 9.07. The highest BCUT2D eigenvalue weighted by Crippen LogP contribution is 2.20. The SMILES string of the molecule is O=CC=C(Cl)c1ccc(Br)cc1. The molecule has 1 aromatic carbocycles. The molecule has 12 heavy (non-hydrogen) atoms. The van der Waals surface area contributed by atoms with Crippen LogP contribution in [0.15, 0.2) is 34.8 Å². The van der Waals surface area contributed by atoms with Gasteiger partial charge in [0.05, 0.1) is 5.03 Å². The van der Waals surface area contributed by atoms with Gasteiger partial charge < -0.3 is 0 Å². The van der Waals surface area contributed by atoms with Crippen molar-refractivity contribution < 1.29 is 4.79 Å². The van der Waals surface area contributed by atoms with E-state index in [2.05, 4.69) is 15.9 Å². The van der Waals surface area contributed by atoms with E-state index in [-0.39, 0.29) is 0 Å². The Morgan fingerprint density at radius 3 is 2.42 bits per heavy atom. The van der Waals surface area contributed by atoms with Crippen LogP contribution in [-0.4, -0.2) is 6.29 Å². The minimum absolute atomic E-state index is 0.456. The maximum Gasteiger partial charge on any atom is 0.144 e. The zero-order valence-corrected chi connectivity index (χ0v) is 8.47. The van der Waals surface area contributed by atoms with Crippen molar-refractivity contribution >= 4 is 38.8 Å². The van der Waals surface area contributed by atoms with Crippen LogP contribution in [0.25, 0.3) is 5.03 Å². The van der Waals surface area contributed by atoms with Gasteiger partial charge in [-0.2, -0.15) is 0 Å². The van der Waals surface area contributed by atoms with Crippen LogP contribution in [0.4, 0.5) is 0 Å². The summed E-state index contributed by atoms with van der Waals surface area (Å²) in [5.74, 6) is 0. The quantitative estimate of drug-likeness (QED) is 0.577. The van der Waals surface area contributed by atoms with Crippen molar-refractivity contribution in [3.8, 4) is 0 Å². The molecule has 62 valence electrons. The van der Waals surface area contributed by atoms with Crippen LogP contribution >= 0.6 is 27.5 Å². The molecule has 0 fully saturated rings. The number of rotatable bonds is 2. The van der Waals surface area contributed by atoms with E-state index < -0.39 is 0 Å². The van der Waals surface area contributed by atoms with Crippen molar-refractivity contribution in [2.24, 2.45) is 0 Å². The molecule has 0 radical (unpaired) electrons. The van der Waals surface area contributed by atoms with Gasteiger partial charge in [-0.15, -0.1) is 0 Å². The predicted molar refractivity (Wildman–Crippen MR) is 54.0 cm³/mol.